The van der Waals surface area contributed by atoms with Gasteiger partial charge in [-0.1, -0.05) is 0 Å². The molecule has 0 bridgehead atoms. The first-order valence-corrected chi connectivity index (χ1v) is 6.31. The third-order valence-corrected chi connectivity index (χ3v) is 3.35. The van der Waals surface area contributed by atoms with Gasteiger partial charge in [-0.25, -0.2) is 4.98 Å². The summed E-state index contributed by atoms with van der Waals surface area (Å²) < 4.78 is 37.3. The topological polar surface area (TPSA) is 43.2 Å². The molecular formula is C13H15F3N4. The number of hydrogen-bond acceptors (Lipinski definition) is 4. The molecule has 108 valence electrons. The van der Waals surface area contributed by atoms with Crippen molar-refractivity contribution < 1.29 is 13.2 Å². The van der Waals surface area contributed by atoms with E-state index in [1.165, 1.54) is 11.1 Å². The minimum absolute atomic E-state index is 0.192. The van der Waals surface area contributed by atoms with Crippen LogP contribution in [0, 0.1) is 11.3 Å². The van der Waals surface area contributed by atoms with E-state index in [9.17, 15) is 13.2 Å². The minimum Gasteiger partial charge on any atom is -0.354 e. The maximum absolute atomic E-state index is 12.4. The van der Waals surface area contributed by atoms with Crippen LogP contribution in [0.5, 0.6) is 0 Å². The molecule has 1 fully saturated rings. The Labute approximate surface area is 115 Å². The van der Waals surface area contributed by atoms with Crippen LogP contribution in [0.15, 0.2) is 18.3 Å². The van der Waals surface area contributed by atoms with E-state index in [1.807, 2.05) is 11.0 Å². The van der Waals surface area contributed by atoms with E-state index >= 15 is 0 Å². The molecule has 1 saturated heterocycles. The number of rotatable bonds is 2. The number of alkyl halides is 3. The Hall–Kier alpha value is -1.81. The molecule has 1 aliphatic rings. The van der Waals surface area contributed by atoms with Crippen LogP contribution in [-0.2, 0) is 0 Å². The van der Waals surface area contributed by atoms with E-state index in [-0.39, 0.29) is 6.04 Å². The Morgan fingerprint density at radius 3 is 2.65 bits per heavy atom. The number of piperazine rings is 1. The summed E-state index contributed by atoms with van der Waals surface area (Å²) in [6.07, 6.45) is -2.69. The van der Waals surface area contributed by atoms with E-state index in [2.05, 4.69) is 4.98 Å². The quantitative estimate of drug-likeness (QED) is 0.833. The largest absolute Gasteiger partial charge is 0.401 e. The molecule has 1 atom stereocenters. The van der Waals surface area contributed by atoms with E-state index in [0.29, 0.717) is 31.0 Å². The van der Waals surface area contributed by atoms with Crippen LogP contribution in [0.4, 0.5) is 19.0 Å². The van der Waals surface area contributed by atoms with Gasteiger partial charge in [0.1, 0.15) is 11.9 Å². The molecule has 4 nitrogen and oxygen atoms in total. The van der Waals surface area contributed by atoms with Crippen molar-refractivity contribution in [2.24, 2.45) is 0 Å². The van der Waals surface area contributed by atoms with Crippen LogP contribution in [0.3, 0.4) is 0 Å². The molecule has 7 heteroatoms. The van der Waals surface area contributed by atoms with Crippen LogP contribution >= 0.6 is 0 Å². The molecule has 2 heterocycles. The minimum atomic E-state index is -4.16. The smallest absolute Gasteiger partial charge is 0.354 e. The molecule has 0 saturated carbocycles. The number of anilines is 1. The van der Waals surface area contributed by atoms with Gasteiger partial charge >= 0.3 is 6.18 Å². The van der Waals surface area contributed by atoms with Gasteiger partial charge in [0.25, 0.3) is 0 Å². The molecular weight excluding hydrogens is 269 g/mol. The third kappa shape index (κ3) is 3.61. The molecule has 1 unspecified atom stereocenters. The Balaban J connectivity index is 1.99. The van der Waals surface area contributed by atoms with Crippen LogP contribution in [0.1, 0.15) is 12.5 Å². The summed E-state index contributed by atoms with van der Waals surface area (Å²) >= 11 is 0. The average Bonchev–Trinajstić information content (AvgIpc) is 2.40. The Morgan fingerprint density at radius 1 is 1.40 bits per heavy atom. The monoisotopic (exact) mass is 284 g/mol. The lowest BCUT2D eigenvalue weighted by Gasteiger charge is -2.40. The maximum atomic E-state index is 12.4. The number of halogens is 3. The zero-order valence-corrected chi connectivity index (χ0v) is 11.1. The van der Waals surface area contributed by atoms with Gasteiger partial charge in [-0.2, -0.15) is 18.4 Å². The molecule has 1 aliphatic heterocycles. The van der Waals surface area contributed by atoms with Gasteiger partial charge in [-0.05, 0) is 19.1 Å². The van der Waals surface area contributed by atoms with Gasteiger partial charge in [0.05, 0.1) is 12.1 Å². The standard InChI is InChI=1S/C13H15F3N4/c1-10-8-19(4-5-20(10)9-13(14,15)16)12-3-2-11(6-17)7-18-12/h2-3,7,10H,4-5,8-9H2,1H3. The summed E-state index contributed by atoms with van der Waals surface area (Å²) in [6, 6.07) is 5.18. The van der Waals surface area contributed by atoms with E-state index < -0.39 is 12.7 Å². The zero-order valence-electron chi connectivity index (χ0n) is 11.1. The van der Waals surface area contributed by atoms with Gasteiger partial charge in [0, 0.05) is 31.9 Å². The van der Waals surface area contributed by atoms with Crippen molar-refractivity contribution in [2.45, 2.75) is 19.1 Å². The van der Waals surface area contributed by atoms with Crippen LogP contribution in [0.2, 0.25) is 0 Å². The second-order valence-corrected chi connectivity index (χ2v) is 4.90. The second-order valence-electron chi connectivity index (χ2n) is 4.90. The molecule has 0 aliphatic carbocycles. The number of nitriles is 1. The van der Waals surface area contributed by atoms with Crippen LogP contribution in [0.25, 0.3) is 0 Å². The van der Waals surface area contributed by atoms with Crippen molar-refractivity contribution in [3.05, 3.63) is 23.9 Å². The molecule has 1 aromatic heterocycles. The third-order valence-electron chi connectivity index (χ3n) is 3.35. The predicted octanol–water partition coefficient (Wildman–Crippen LogP) is 2.03. The predicted molar refractivity (Wildman–Crippen MR) is 68.3 cm³/mol. The van der Waals surface area contributed by atoms with Crippen molar-refractivity contribution in [3.8, 4) is 6.07 Å². The summed E-state index contributed by atoms with van der Waals surface area (Å²) in [6.45, 7) is 2.25. The fourth-order valence-corrected chi connectivity index (χ4v) is 2.31. The van der Waals surface area contributed by atoms with Crippen molar-refractivity contribution in [2.75, 3.05) is 31.1 Å². The zero-order chi connectivity index (χ0) is 14.8. The maximum Gasteiger partial charge on any atom is 0.401 e. The number of hydrogen-bond donors (Lipinski definition) is 0. The summed E-state index contributed by atoms with van der Waals surface area (Å²) in [5, 5.41) is 8.71. The number of pyridine rings is 1. The van der Waals surface area contributed by atoms with Crippen molar-refractivity contribution in [3.63, 3.8) is 0 Å². The second kappa shape index (κ2) is 5.67. The Kier molecular flexibility index (Phi) is 4.14. The molecule has 0 radical (unpaired) electrons. The average molecular weight is 284 g/mol. The fraction of sp³-hybridized carbons (Fsp3) is 0.538. The molecule has 0 amide bonds. The molecule has 0 N–H and O–H groups in total. The lowest BCUT2D eigenvalue weighted by molar-refractivity contribution is -0.150. The molecule has 2 rings (SSSR count). The van der Waals surface area contributed by atoms with Gasteiger partial charge in [-0.15, -0.1) is 0 Å². The molecule has 20 heavy (non-hydrogen) atoms. The van der Waals surface area contributed by atoms with Gasteiger partial charge in [-0.3, -0.25) is 4.90 Å². The van der Waals surface area contributed by atoms with Crippen molar-refractivity contribution in [1.82, 2.24) is 9.88 Å². The highest BCUT2D eigenvalue weighted by atomic mass is 19.4. The summed E-state index contributed by atoms with van der Waals surface area (Å²) in [5.41, 5.74) is 0.470. The first-order valence-electron chi connectivity index (χ1n) is 6.31. The number of aromatic nitrogens is 1. The summed E-state index contributed by atoms with van der Waals surface area (Å²) in [5.74, 6) is 0.697. The Bertz CT molecular complexity index is 492. The molecule has 0 aromatic carbocycles. The van der Waals surface area contributed by atoms with Gasteiger partial charge in [0.15, 0.2) is 0 Å². The SMILES string of the molecule is CC1CN(c2ccc(C#N)cn2)CCN1CC(F)(F)F. The van der Waals surface area contributed by atoms with Crippen LogP contribution in [-0.4, -0.2) is 48.3 Å². The lowest BCUT2D eigenvalue weighted by Crippen LogP contribution is -2.54. The van der Waals surface area contributed by atoms with Crippen molar-refractivity contribution in [1.29, 1.82) is 5.26 Å². The van der Waals surface area contributed by atoms with Gasteiger partial charge in [0.2, 0.25) is 0 Å². The summed E-state index contributed by atoms with van der Waals surface area (Å²) in [7, 11) is 0. The van der Waals surface area contributed by atoms with Gasteiger partial charge < -0.3 is 4.90 Å². The van der Waals surface area contributed by atoms with E-state index in [4.69, 9.17) is 5.26 Å². The lowest BCUT2D eigenvalue weighted by atomic mass is 10.2. The molecule has 0 spiro atoms. The normalized spacial score (nSPS) is 20.8. The van der Waals surface area contributed by atoms with E-state index in [0.717, 1.165) is 0 Å². The highest BCUT2D eigenvalue weighted by molar-refractivity contribution is 5.42. The van der Waals surface area contributed by atoms with E-state index in [1.54, 1.807) is 19.1 Å². The highest BCUT2D eigenvalue weighted by Gasteiger charge is 2.35. The first kappa shape index (κ1) is 14.6. The molecule has 1 aromatic rings. The number of nitrogens with zero attached hydrogens (tertiary/aromatic N) is 4. The van der Waals surface area contributed by atoms with Crippen LogP contribution < -0.4 is 4.90 Å². The summed E-state index contributed by atoms with van der Waals surface area (Å²) in [4.78, 5) is 7.54. The highest BCUT2D eigenvalue weighted by Crippen LogP contribution is 2.22. The Morgan fingerprint density at radius 2 is 2.15 bits per heavy atom. The van der Waals surface area contributed by atoms with Crippen molar-refractivity contribution >= 4 is 5.82 Å². The fourth-order valence-electron chi connectivity index (χ4n) is 2.31. The first-order chi connectivity index (χ1) is 9.39.